The van der Waals surface area contributed by atoms with Crippen molar-refractivity contribution in [3.63, 3.8) is 0 Å². The van der Waals surface area contributed by atoms with Crippen LogP contribution < -0.4 is 5.32 Å². The maximum Gasteiger partial charge on any atom is 0.152 e. The number of rotatable bonds is 4. The van der Waals surface area contributed by atoms with E-state index in [9.17, 15) is 10.2 Å². The van der Waals surface area contributed by atoms with Crippen molar-refractivity contribution in [2.45, 2.75) is 6.10 Å². The van der Waals surface area contributed by atoms with Crippen LogP contribution in [0, 0.1) is 0 Å². The molecule has 84 valence electrons. The van der Waals surface area contributed by atoms with Gasteiger partial charge in [-0.1, -0.05) is 11.6 Å². The van der Waals surface area contributed by atoms with Crippen LogP contribution in [0.2, 0.25) is 5.02 Å². The Morgan fingerprint density at radius 3 is 2.73 bits per heavy atom. The molecule has 0 aliphatic carbocycles. The minimum atomic E-state index is -0.663. The first-order valence-corrected chi connectivity index (χ1v) is 5.91. The van der Waals surface area contributed by atoms with Crippen molar-refractivity contribution >= 4 is 44.8 Å². The van der Waals surface area contributed by atoms with Gasteiger partial charge in [-0.25, -0.2) is 0 Å². The molecule has 1 unspecified atom stereocenters. The van der Waals surface area contributed by atoms with Crippen molar-refractivity contribution in [3.8, 4) is 5.75 Å². The van der Waals surface area contributed by atoms with Gasteiger partial charge in [-0.15, -0.1) is 11.6 Å². The van der Waals surface area contributed by atoms with E-state index < -0.39 is 6.10 Å². The Morgan fingerprint density at radius 1 is 1.47 bits per heavy atom. The molecule has 0 bridgehead atoms. The van der Waals surface area contributed by atoms with E-state index in [0.717, 1.165) is 0 Å². The zero-order chi connectivity index (χ0) is 11.4. The topological polar surface area (TPSA) is 52.5 Å². The number of hydrogen-bond donors (Lipinski definition) is 3. The highest BCUT2D eigenvalue weighted by atomic mass is 79.9. The van der Waals surface area contributed by atoms with E-state index in [1.807, 2.05) is 0 Å². The molecule has 6 heteroatoms. The summed E-state index contributed by atoms with van der Waals surface area (Å²) in [5, 5.41) is 22.2. The summed E-state index contributed by atoms with van der Waals surface area (Å²) < 4.78 is 0.498. The average molecular weight is 315 g/mol. The molecule has 0 heterocycles. The number of alkyl halides is 1. The van der Waals surface area contributed by atoms with E-state index in [4.69, 9.17) is 23.2 Å². The summed E-state index contributed by atoms with van der Waals surface area (Å²) in [7, 11) is 0. The van der Waals surface area contributed by atoms with Gasteiger partial charge in [-0.2, -0.15) is 0 Å². The van der Waals surface area contributed by atoms with Gasteiger partial charge in [-0.05, 0) is 28.1 Å². The second-order valence-electron chi connectivity index (χ2n) is 2.97. The molecule has 1 rings (SSSR count). The Balaban J connectivity index is 2.76. The van der Waals surface area contributed by atoms with Crippen molar-refractivity contribution in [1.82, 2.24) is 0 Å². The smallest absolute Gasteiger partial charge is 0.152 e. The predicted molar refractivity (Wildman–Crippen MR) is 66.0 cm³/mol. The van der Waals surface area contributed by atoms with Gasteiger partial charge in [-0.3, -0.25) is 0 Å². The Morgan fingerprint density at radius 2 is 2.13 bits per heavy atom. The molecule has 0 amide bonds. The minimum Gasteiger partial charge on any atom is -0.505 e. The van der Waals surface area contributed by atoms with Crippen molar-refractivity contribution in [1.29, 1.82) is 0 Å². The third-order valence-electron chi connectivity index (χ3n) is 1.73. The van der Waals surface area contributed by atoms with E-state index in [2.05, 4.69) is 21.2 Å². The first kappa shape index (κ1) is 12.9. The zero-order valence-electron chi connectivity index (χ0n) is 7.67. The standard InChI is InChI=1S/C9H10BrCl2NO2/c10-7-1-5(12)2-8(9(7)15)13-4-6(14)3-11/h1-2,6,13-15H,3-4H2. The van der Waals surface area contributed by atoms with Crippen LogP contribution in [0.25, 0.3) is 0 Å². The second kappa shape index (κ2) is 5.80. The van der Waals surface area contributed by atoms with Crippen LogP contribution in [0.3, 0.4) is 0 Å². The molecular weight excluding hydrogens is 305 g/mol. The number of nitrogens with one attached hydrogen (secondary N) is 1. The molecule has 15 heavy (non-hydrogen) atoms. The normalized spacial score (nSPS) is 12.5. The Kier molecular flexibility index (Phi) is 4.99. The van der Waals surface area contributed by atoms with E-state index in [-0.39, 0.29) is 18.2 Å². The van der Waals surface area contributed by atoms with Gasteiger partial charge < -0.3 is 15.5 Å². The summed E-state index contributed by atoms with van der Waals surface area (Å²) in [4.78, 5) is 0. The number of halogens is 3. The van der Waals surface area contributed by atoms with Crippen LogP contribution in [0.4, 0.5) is 5.69 Å². The number of aliphatic hydroxyl groups is 1. The number of hydrogen-bond acceptors (Lipinski definition) is 3. The van der Waals surface area contributed by atoms with Gasteiger partial charge >= 0.3 is 0 Å². The minimum absolute atomic E-state index is 0.0566. The number of aliphatic hydroxyl groups excluding tert-OH is 1. The molecule has 1 aromatic carbocycles. The monoisotopic (exact) mass is 313 g/mol. The molecule has 0 radical (unpaired) electrons. The van der Waals surface area contributed by atoms with Crippen LogP contribution in [0.15, 0.2) is 16.6 Å². The molecule has 3 N–H and O–H groups in total. The molecule has 1 atom stereocenters. The number of anilines is 1. The summed E-state index contributed by atoms with van der Waals surface area (Å²) in [6, 6.07) is 3.16. The summed E-state index contributed by atoms with van der Waals surface area (Å²) in [6.45, 7) is 0.254. The SMILES string of the molecule is Oc1c(Br)cc(Cl)cc1NCC(O)CCl. The maximum absolute atomic E-state index is 9.62. The Labute approximate surface area is 106 Å². The average Bonchev–Trinajstić information content (AvgIpc) is 2.20. The van der Waals surface area contributed by atoms with Crippen LogP contribution in [0.1, 0.15) is 0 Å². The van der Waals surface area contributed by atoms with Crippen LogP contribution >= 0.6 is 39.1 Å². The molecular formula is C9H10BrCl2NO2. The summed E-state index contributed by atoms with van der Waals surface area (Å²) in [5.74, 6) is 0.191. The first-order valence-electron chi connectivity index (χ1n) is 4.20. The fourth-order valence-corrected chi connectivity index (χ4v) is 1.90. The van der Waals surface area contributed by atoms with Crippen molar-refractivity contribution in [3.05, 3.63) is 21.6 Å². The third kappa shape index (κ3) is 3.72. The third-order valence-corrected chi connectivity index (χ3v) is 2.91. The molecule has 0 fully saturated rings. The van der Waals surface area contributed by atoms with Gasteiger partial charge in [0.15, 0.2) is 5.75 Å². The quantitative estimate of drug-likeness (QED) is 0.591. The molecule has 0 aliphatic rings. The largest absolute Gasteiger partial charge is 0.505 e. The molecule has 0 aliphatic heterocycles. The fourth-order valence-electron chi connectivity index (χ4n) is 0.983. The molecule has 0 saturated carbocycles. The number of benzene rings is 1. The van der Waals surface area contributed by atoms with Gasteiger partial charge in [0.2, 0.25) is 0 Å². The van der Waals surface area contributed by atoms with Gasteiger partial charge in [0.05, 0.1) is 22.1 Å². The first-order chi connectivity index (χ1) is 7.04. The second-order valence-corrected chi connectivity index (χ2v) is 4.57. The highest BCUT2D eigenvalue weighted by molar-refractivity contribution is 9.10. The van der Waals surface area contributed by atoms with Gasteiger partial charge in [0, 0.05) is 11.6 Å². The van der Waals surface area contributed by atoms with E-state index in [1.165, 1.54) is 0 Å². The lowest BCUT2D eigenvalue weighted by Crippen LogP contribution is -2.20. The van der Waals surface area contributed by atoms with E-state index >= 15 is 0 Å². The number of aromatic hydroxyl groups is 1. The van der Waals surface area contributed by atoms with Crippen molar-refractivity contribution < 1.29 is 10.2 Å². The zero-order valence-corrected chi connectivity index (χ0v) is 10.8. The molecule has 0 saturated heterocycles. The summed E-state index contributed by atoms with van der Waals surface area (Å²) in [6.07, 6.45) is -0.663. The Hall–Kier alpha value is -0.160. The lowest BCUT2D eigenvalue weighted by Gasteiger charge is -2.12. The lowest BCUT2D eigenvalue weighted by atomic mass is 10.3. The highest BCUT2D eigenvalue weighted by Crippen LogP contribution is 2.35. The predicted octanol–water partition coefficient (Wildman–Crippen LogP) is 2.82. The van der Waals surface area contributed by atoms with Crippen LogP contribution in [-0.2, 0) is 0 Å². The number of phenolic OH excluding ortho intramolecular Hbond substituents is 1. The fraction of sp³-hybridized carbons (Fsp3) is 0.333. The highest BCUT2D eigenvalue weighted by Gasteiger charge is 2.08. The van der Waals surface area contributed by atoms with Gasteiger partial charge in [0.1, 0.15) is 0 Å². The lowest BCUT2D eigenvalue weighted by molar-refractivity contribution is 0.211. The van der Waals surface area contributed by atoms with Crippen LogP contribution in [0.5, 0.6) is 5.75 Å². The van der Waals surface area contributed by atoms with E-state index in [1.54, 1.807) is 12.1 Å². The summed E-state index contributed by atoms with van der Waals surface area (Å²) >= 11 is 14.4. The van der Waals surface area contributed by atoms with Crippen LogP contribution in [-0.4, -0.2) is 28.7 Å². The molecule has 3 nitrogen and oxygen atoms in total. The van der Waals surface area contributed by atoms with Crippen molar-refractivity contribution in [2.24, 2.45) is 0 Å². The van der Waals surface area contributed by atoms with Gasteiger partial charge in [0.25, 0.3) is 0 Å². The molecule has 1 aromatic rings. The maximum atomic E-state index is 9.62. The summed E-state index contributed by atoms with van der Waals surface area (Å²) in [5.41, 5.74) is 0.457. The van der Waals surface area contributed by atoms with Crippen molar-refractivity contribution in [2.75, 3.05) is 17.7 Å². The number of phenols is 1. The Bertz CT molecular complexity index is 349. The van der Waals surface area contributed by atoms with E-state index in [0.29, 0.717) is 15.2 Å². The molecule has 0 spiro atoms. The molecule has 0 aromatic heterocycles.